The predicted molar refractivity (Wildman–Crippen MR) is 158 cm³/mol. The molecular weight excluding hydrogens is 544 g/mol. The van der Waals surface area contributed by atoms with Crippen molar-refractivity contribution in [1.82, 2.24) is 5.32 Å². The molecule has 1 saturated heterocycles. The van der Waals surface area contributed by atoms with E-state index in [1.807, 2.05) is 56.3 Å². The average molecular weight is 571 g/mol. The Morgan fingerprint density at radius 3 is 2.34 bits per heavy atom. The van der Waals surface area contributed by atoms with E-state index in [4.69, 9.17) is 25.8 Å². The molecule has 5 rings (SSSR count). The molecule has 1 aliphatic heterocycles. The van der Waals surface area contributed by atoms with E-state index in [9.17, 15) is 14.4 Å². The Hall–Kier alpha value is -4.82. The summed E-state index contributed by atoms with van der Waals surface area (Å²) in [6.45, 7) is 4.74. The molecule has 0 atom stereocenters. The number of nitrogens with one attached hydrogen (secondary N) is 1. The zero-order valence-electron chi connectivity index (χ0n) is 22.5. The van der Waals surface area contributed by atoms with Gasteiger partial charge >= 0.3 is 6.03 Å². The lowest BCUT2D eigenvalue weighted by atomic mass is 10.1. The number of benzene rings is 4. The van der Waals surface area contributed by atoms with Crippen molar-refractivity contribution < 1.29 is 28.6 Å². The van der Waals surface area contributed by atoms with Gasteiger partial charge in [0.25, 0.3) is 11.8 Å². The molecule has 0 aliphatic carbocycles. The third kappa shape index (κ3) is 5.88. The summed E-state index contributed by atoms with van der Waals surface area (Å²) in [6.07, 6.45) is 1.37. The zero-order chi connectivity index (χ0) is 28.9. The van der Waals surface area contributed by atoms with E-state index in [1.54, 1.807) is 36.4 Å². The fourth-order valence-electron chi connectivity index (χ4n) is 4.56. The molecule has 9 heteroatoms. The lowest BCUT2D eigenvalue weighted by molar-refractivity contribution is -0.122. The van der Waals surface area contributed by atoms with Crippen LogP contribution in [0.15, 0.2) is 84.4 Å². The van der Waals surface area contributed by atoms with E-state index < -0.39 is 17.8 Å². The summed E-state index contributed by atoms with van der Waals surface area (Å²) in [6, 6.07) is 22.8. The van der Waals surface area contributed by atoms with Crippen molar-refractivity contribution in [3.05, 3.63) is 101 Å². The fourth-order valence-corrected chi connectivity index (χ4v) is 4.83. The van der Waals surface area contributed by atoms with Gasteiger partial charge in [-0.25, -0.2) is 9.69 Å². The number of fused-ring (bicyclic) bond motifs is 1. The van der Waals surface area contributed by atoms with Crippen molar-refractivity contribution in [3.63, 3.8) is 0 Å². The van der Waals surface area contributed by atoms with Gasteiger partial charge in [-0.15, -0.1) is 0 Å². The summed E-state index contributed by atoms with van der Waals surface area (Å²) >= 11 is 6.64. The number of rotatable bonds is 9. The summed E-state index contributed by atoms with van der Waals surface area (Å²) < 4.78 is 17.4. The molecule has 0 aromatic heterocycles. The number of barbiturate groups is 1. The highest BCUT2D eigenvalue weighted by Crippen LogP contribution is 2.38. The number of halogens is 1. The third-order valence-electron chi connectivity index (χ3n) is 6.40. The molecule has 1 aliphatic rings. The smallest absolute Gasteiger partial charge is 0.335 e. The van der Waals surface area contributed by atoms with E-state index in [0.717, 1.165) is 21.2 Å². The maximum Gasteiger partial charge on any atom is 0.335 e. The van der Waals surface area contributed by atoms with Crippen molar-refractivity contribution in [3.8, 4) is 17.2 Å². The minimum Gasteiger partial charge on any atom is -0.494 e. The number of hydrogen-bond donors (Lipinski definition) is 1. The first kappa shape index (κ1) is 27.7. The van der Waals surface area contributed by atoms with Gasteiger partial charge in [0.1, 0.15) is 17.9 Å². The van der Waals surface area contributed by atoms with Gasteiger partial charge in [-0.05, 0) is 78.2 Å². The molecule has 208 valence electrons. The standard InChI is InChI=1S/C32H27ClN2O6/c1-3-39-24-14-12-23(13-15-24)35-31(37)26(30(36)34-32(35)38)16-20-17-27(33)29(28(18-20)40-4-2)41-19-22-10-7-9-21-8-5-6-11-25(21)22/h5-18H,3-4,19H2,1-2H3,(H,34,36,38)/b26-16+. The molecule has 41 heavy (non-hydrogen) atoms. The van der Waals surface area contributed by atoms with Gasteiger partial charge in [-0.1, -0.05) is 54.1 Å². The van der Waals surface area contributed by atoms with E-state index in [1.165, 1.54) is 6.08 Å². The van der Waals surface area contributed by atoms with Crippen LogP contribution < -0.4 is 24.4 Å². The second kappa shape index (κ2) is 12.1. The summed E-state index contributed by atoms with van der Waals surface area (Å²) in [5, 5.41) is 4.63. The quantitative estimate of drug-likeness (QED) is 0.181. The predicted octanol–water partition coefficient (Wildman–Crippen LogP) is 6.54. The monoisotopic (exact) mass is 570 g/mol. The van der Waals surface area contributed by atoms with Gasteiger partial charge < -0.3 is 14.2 Å². The lowest BCUT2D eigenvalue weighted by Gasteiger charge is -2.26. The van der Waals surface area contributed by atoms with Crippen molar-refractivity contribution in [2.24, 2.45) is 0 Å². The fraction of sp³-hybridized carbons (Fsp3) is 0.156. The normalized spacial score (nSPS) is 14.4. The molecule has 1 fully saturated rings. The summed E-state index contributed by atoms with van der Waals surface area (Å²) in [7, 11) is 0. The van der Waals surface area contributed by atoms with Gasteiger partial charge in [0.05, 0.1) is 23.9 Å². The number of anilines is 1. The van der Waals surface area contributed by atoms with E-state index in [2.05, 4.69) is 5.32 Å². The molecule has 1 heterocycles. The van der Waals surface area contributed by atoms with Crippen molar-refractivity contribution in [2.45, 2.75) is 20.5 Å². The molecule has 0 saturated carbocycles. The first-order chi connectivity index (χ1) is 19.9. The summed E-state index contributed by atoms with van der Waals surface area (Å²) in [4.78, 5) is 39.5. The molecule has 1 N–H and O–H groups in total. The van der Waals surface area contributed by atoms with Gasteiger partial charge in [0.2, 0.25) is 0 Å². The highest BCUT2D eigenvalue weighted by atomic mass is 35.5. The van der Waals surface area contributed by atoms with Crippen LogP contribution in [0.25, 0.3) is 16.8 Å². The van der Waals surface area contributed by atoms with Crippen molar-refractivity contribution in [2.75, 3.05) is 18.1 Å². The maximum absolute atomic E-state index is 13.3. The van der Waals surface area contributed by atoms with Crippen molar-refractivity contribution in [1.29, 1.82) is 0 Å². The van der Waals surface area contributed by atoms with E-state index in [-0.39, 0.29) is 17.2 Å². The lowest BCUT2D eigenvalue weighted by Crippen LogP contribution is -2.54. The minimum atomic E-state index is -0.841. The van der Waals surface area contributed by atoms with Crippen LogP contribution in [0.3, 0.4) is 0 Å². The number of carbonyl (C=O) groups excluding carboxylic acids is 3. The largest absolute Gasteiger partial charge is 0.494 e. The summed E-state index contributed by atoms with van der Waals surface area (Å²) in [5.74, 6) is -0.293. The Bertz CT molecular complexity index is 1660. The second-order valence-electron chi connectivity index (χ2n) is 9.07. The number of nitrogens with zero attached hydrogens (tertiary/aromatic N) is 1. The van der Waals surface area contributed by atoms with Crippen LogP contribution >= 0.6 is 11.6 Å². The van der Waals surface area contributed by atoms with Gasteiger partial charge in [-0.2, -0.15) is 0 Å². The number of ether oxygens (including phenoxy) is 3. The van der Waals surface area contributed by atoms with Crippen molar-refractivity contribution >= 4 is 52.0 Å². The maximum atomic E-state index is 13.3. The number of hydrogen-bond acceptors (Lipinski definition) is 6. The molecule has 8 nitrogen and oxygen atoms in total. The minimum absolute atomic E-state index is 0.235. The number of urea groups is 1. The Balaban J connectivity index is 1.44. The molecular formula is C32H27ClN2O6. The second-order valence-corrected chi connectivity index (χ2v) is 9.48. The first-order valence-electron chi connectivity index (χ1n) is 13.1. The first-order valence-corrected chi connectivity index (χ1v) is 13.5. The highest BCUT2D eigenvalue weighted by Gasteiger charge is 2.37. The Kier molecular flexibility index (Phi) is 8.21. The molecule has 0 unspecified atom stereocenters. The molecule has 0 spiro atoms. The highest BCUT2D eigenvalue weighted by molar-refractivity contribution is 6.39. The van der Waals surface area contributed by atoms with Crippen LogP contribution in [-0.4, -0.2) is 31.1 Å². The Morgan fingerprint density at radius 1 is 0.854 bits per heavy atom. The number of imide groups is 2. The molecule has 0 bridgehead atoms. The average Bonchev–Trinajstić information content (AvgIpc) is 2.96. The molecule has 4 aromatic rings. The summed E-state index contributed by atoms with van der Waals surface area (Å²) in [5.41, 5.74) is 1.47. The Morgan fingerprint density at radius 2 is 1.59 bits per heavy atom. The van der Waals surface area contributed by atoms with E-state index >= 15 is 0 Å². The zero-order valence-corrected chi connectivity index (χ0v) is 23.2. The molecule has 0 radical (unpaired) electrons. The van der Waals surface area contributed by atoms with E-state index in [0.29, 0.717) is 41.7 Å². The van der Waals surface area contributed by atoms with Crippen LogP contribution in [0.1, 0.15) is 25.0 Å². The number of carbonyl (C=O) groups is 3. The Labute approximate surface area is 242 Å². The van der Waals surface area contributed by atoms with Crippen LogP contribution in [0, 0.1) is 0 Å². The third-order valence-corrected chi connectivity index (χ3v) is 6.68. The van der Waals surface area contributed by atoms with Crippen LogP contribution in [0.5, 0.6) is 17.2 Å². The van der Waals surface area contributed by atoms with Gasteiger partial charge in [0.15, 0.2) is 11.5 Å². The van der Waals surface area contributed by atoms with Crippen LogP contribution in [0.2, 0.25) is 5.02 Å². The SMILES string of the molecule is CCOc1ccc(N2C(=O)NC(=O)/C(=C\c3cc(Cl)c(OCc4cccc5ccccc45)c(OCC)c3)C2=O)cc1. The van der Waals surface area contributed by atoms with Gasteiger partial charge in [0, 0.05) is 0 Å². The van der Waals surface area contributed by atoms with Gasteiger partial charge in [-0.3, -0.25) is 14.9 Å². The molecule has 4 aromatic carbocycles. The topological polar surface area (TPSA) is 94.2 Å². The van der Waals surface area contributed by atoms with Crippen LogP contribution in [-0.2, 0) is 16.2 Å². The molecule has 4 amide bonds. The number of amides is 4. The van der Waals surface area contributed by atoms with Crippen LogP contribution in [0.4, 0.5) is 10.5 Å².